The third-order valence-corrected chi connectivity index (χ3v) is 5.05. The van der Waals surface area contributed by atoms with Gasteiger partial charge >= 0.3 is 0 Å². The van der Waals surface area contributed by atoms with E-state index in [9.17, 15) is 0 Å². The second-order valence-corrected chi connectivity index (χ2v) is 6.97. The molecule has 3 N–H and O–H groups in total. The molecule has 0 aliphatic carbocycles. The average molecular weight is 410 g/mol. The zero-order chi connectivity index (χ0) is 20.6. The topological polar surface area (TPSA) is 58.3 Å². The first-order valence-electron chi connectivity index (χ1n) is 9.67. The van der Waals surface area contributed by atoms with Crippen molar-refractivity contribution in [2.24, 2.45) is 0 Å². The van der Waals surface area contributed by atoms with E-state index in [1.54, 1.807) is 13.2 Å². The Hall–Kier alpha value is -2.99. The SMILES string of the molecule is C=CCNC(=S)NC[C@H](c1ccc(OCC)c(OC)c1)c1c[nH]c2ccccc12. The lowest BCUT2D eigenvalue weighted by atomic mass is 9.90. The summed E-state index contributed by atoms with van der Waals surface area (Å²) in [4.78, 5) is 3.38. The van der Waals surface area contributed by atoms with Crippen LogP contribution in [0.4, 0.5) is 0 Å². The fourth-order valence-electron chi connectivity index (χ4n) is 3.39. The molecular formula is C23H27N3O2S. The maximum absolute atomic E-state index is 5.68. The molecule has 2 aromatic carbocycles. The van der Waals surface area contributed by atoms with E-state index >= 15 is 0 Å². The van der Waals surface area contributed by atoms with Crippen LogP contribution in [-0.2, 0) is 0 Å². The van der Waals surface area contributed by atoms with E-state index in [4.69, 9.17) is 21.7 Å². The van der Waals surface area contributed by atoms with Gasteiger partial charge in [0.25, 0.3) is 0 Å². The Labute approximate surface area is 177 Å². The molecule has 29 heavy (non-hydrogen) atoms. The van der Waals surface area contributed by atoms with E-state index in [1.807, 2.05) is 25.1 Å². The van der Waals surface area contributed by atoms with Crippen LogP contribution in [0.2, 0.25) is 0 Å². The van der Waals surface area contributed by atoms with Crippen molar-refractivity contribution in [2.45, 2.75) is 12.8 Å². The number of thiocarbonyl (C=S) groups is 1. The summed E-state index contributed by atoms with van der Waals surface area (Å²) in [7, 11) is 1.66. The molecule has 0 unspecified atom stereocenters. The van der Waals surface area contributed by atoms with Crippen molar-refractivity contribution in [2.75, 3.05) is 26.8 Å². The molecular weight excluding hydrogens is 382 g/mol. The smallest absolute Gasteiger partial charge is 0.166 e. The van der Waals surface area contributed by atoms with E-state index in [0.717, 1.165) is 22.6 Å². The van der Waals surface area contributed by atoms with E-state index < -0.39 is 0 Å². The number of hydrogen-bond acceptors (Lipinski definition) is 3. The highest BCUT2D eigenvalue weighted by Gasteiger charge is 2.20. The summed E-state index contributed by atoms with van der Waals surface area (Å²) >= 11 is 5.39. The summed E-state index contributed by atoms with van der Waals surface area (Å²) in [5.74, 6) is 1.54. The van der Waals surface area contributed by atoms with Gasteiger partial charge in [-0.3, -0.25) is 0 Å². The van der Waals surface area contributed by atoms with Gasteiger partial charge < -0.3 is 25.1 Å². The summed E-state index contributed by atoms with van der Waals surface area (Å²) in [6.07, 6.45) is 3.85. The third kappa shape index (κ3) is 4.90. The number of benzene rings is 2. The minimum Gasteiger partial charge on any atom is -0.493 e. The molecule has 1 heterocycles. The highest BCUT2D eigenvalue weighted by atomic mass is 32.1. The molecule has 0 amide bonds. The highest BCUT2D eigenvalue weighted by molar-refractivity contribution is 7.80. The monoisotopic (exact) mass is 409 g/mol. The van der Waals surface area contributed by atoms with Crippen molar-refractivity contribution in [3.63, 3.8) is 0 Å². The number of H-pyrrole nitrogens is 1. The summed E-state index contributed by atoms with van der Waals surface area (Å²) in [5, 5.41) is 8.25. The number of hydrogen-bond donors (Lipinski definition) is 3. The van der Waals surface area contributed by atoms with Gasteiger partial charge in [0.1, 0.15) is 0 Å². The number of nitrogens with one attached hydrogen (secondary N) is 3. The molecule has 3 aromatic rings. The molecule has 0 saturated carbocycles. The van der Waals surface area contributed by atoms with Crippen LogP contribution in [0.3, 0.4) is 0 Å². The lowest BCUT2D eigenvalue weighted by Gasteiger charge is -2.21. The summed E-state index contributed by atoms with van der Waals surface area (Å²) in [6.45, 7) is 7.53. The average Bonchev–Trinajstić information content (AvgIpc) is 3.17. The summed E-state index contributed by atoms with van der Waals surface area (Å²) in [5.41, 5.74) is 3.43. The third-order valence-electron chi connectivity index (χ3n) is 4.76. The molecule has 0 bridgehead atoms. The molecule has 0 fully saturated rings. The first-order valence-corrected chi connectivity index (χ1v) is 10.1. The minimum absolute atomic E-state index is 0.0687. The second-order valence-electron chi connectivity index (χ2n) is 6.57. The summed E-state index contributed by atoms with van der Waals surface area (Å²) < 4.78 is 11.2. The number of aromatic amines is 1. The van der Waals surface area contributed by atoms with Gasteiger partial charge in [0.2, 0.25) is 0 Å². The molecule has 0 radical (unpaired) electrons. The van der Waals surface area contributed by atoms with Crippen molar-refractivity contribution in [1.29, 1.82) is 0 Å². The Morgan fingerprint density at radius 3 is 2.79 bits per heavy atom. The zero-order valence-corrected chi connectivity index (χ0v) is 17.6. The zero-order valence-electron chi connectivity index (χ0n) is 16.8. The van der Waals surface area contributed by atoms with Crippen LogP contribution >= 0.6 is 12.2 Å². The molecule has 1 aromatic heterocycles. The van der Waals surface area contributed by atoms with Gasteiger partial charge in [0.15, 0.2) is 16.6 Å². The minimum atomic E-state index is 0.0687. The van der Waals surface area contributed by atoms with Crippen molar-refractivity contribution >= 4 is 28.2 Å². The van der Waals surface area contributed by atoms with Gasteiger partial charge in [-0.1, -0.05) is 30.3 Å². The standard InChI is InChI=1S/C23H27N3O2S/c1-4-12-24-23(29)26-14-18(19-15-25-20-9-7-6-8-17(19)20)16-10-11-21(28-5-2)22(13-16)27-3/h4,6-11,13,15,18,25H,1,5,12,14H2,2-3H3,(H2,24,26,29)/t18-/m1/s1. The van der Waals surface area contributed by atoms with E-state index in [2.05, 4.69) is 52.7 Å². The van der Waals surface area contributed by atoms with Crippen LogP contribution < -0.4 is 20.1 Å². The second kappa shape index (κ2) is 9.98. The normalized spacial score (nSPS) is 11.7. The van der Waals surface area contributed by atoms with Crippen molar-refractivity contribution < 1.29 is 9.47 Å². The maximum atomic E-state index is 5.68. The molecule has 0 aliphatic rings. The Bertz CT molecular complexity index is 983. The van der Waals surface area contributed by atoms with Gasteiger partial charge in [-0.05, 0) is 48.5 Å². The molecule has 1 atom stereocenters. The molecule has 0 aliphatic heterocycles. The number of ether oxygens (including phenoxy) is 2. The molecule has 6 heteroatoms. The quantitative estimate of drug-likeness (QED) is 0.362. The van der Waals surface area contributed by atoms with Crippen LogP contribution in [0, 0.1) is 0 Å². The van der Waals surface area contributed by atoms with E-state index in [-0.39, 0.29) is 5.92 Å². The number of fused-ring (bicyclic) bond motifs is 1. The van der Waals surface area contributed by atoms with E-state index in [0.29, 0.717) is 24.8 Å². The maximum Gasteiger partial charge on any atom is 0.166 e. The fourth-order valence-corrected chi connectivity index (χ4v) is 3.55. The van der Waals surface area contributed by atoms with Gasteiger partial charge in [0, 0.05) is 36.1 Å². The predicted octanol–water partition coefficient (Wildman–Crippen LogP) is 4.36. The first-order chi connectivity index (χ1) is 14.2. The van der Waals surface area contributed by atoms with Crippen LogP contribution in [-0.4, -0.2) is 36.9 Å². The van der Waals surface area contributed by atoms with Crippen LogP contribution in [0.15, 0.2) is 61.3 Å². The Balaban J connectivity index is 1.96. The van der Waals surface area contributed by atoms with Crippen LogP contribution in [0.1, 0.15) is 24.0 Å². The fraction of sp³-hybridized carbons (Fsp3) is 0.261. The van der Waals surface area contributed by atoms with Gasteiger partial charge in [0.05, 0.1) is 13.7 Å². The molecule has 0 saturated heterocycles. The first kappa shape index (κ1) is 20.7. The molecule has 0 spiro atoms. The number of methoxy groups -OCH3 is 1. The van der Waals surface area contributed by atoms with Crippen molar-refractivity contribution in [3.05, 3.63) is 72.4 Å². The largest absolute Gasteiger partial charge is 0.493 e. The van der Waals surface area contributed by atoms with Crippen molar-refractivity contribution in [3.8, 4) is 11.5 Å². The van der Waals surface area contributed by atoms with Crippen molar-refractivity contribution in [1.82, 2.24) is 15.6 Å². The van der Waals surface area contributed by atoms with Gasteiger partial charge in [-0.15, -0.1) is 6.58 Å². The number of rotatable bonds is 9. The number of para-hydroxylation sites is 1. The molecule has 5 nitrogen and oxygen atoms in total. The van der Waals surface area contributed by atoms with Crippen LogP contribution in [0.25, 0.3) is 10.9 Å². The Morgan fingerprint density at radius 2 is 2.03 bits per heavy atom. The van der Waals surface area contributed by atoms with E-state index in [1.165, 1.54) is 10.9 Å². The Kier molecular flexibility index (Phi) is 7.14. The lowest BCUT2D eigenvalue weighted by molar-refractivity contribution is 0.310. The summed E-state index contributed by atoms with van der Waals surface area (Å²) in [6, 6.07) is 14.4. The lowest BCUT2D eigenvalue weighted by Crippen LogP contribution is -2.37. The van der Waals surface area contributed by atoms with Gasteiger partial charge in [-0.25, -0.2) is 0 Å². The van der Waals surface area contributed by atoms with Crippen LogP contribution in [0.5, 0.6) is 11.5 Å². The molecule has 152 valence electrons. The number of aromatic nitrogens is 1. The highest BCUT2D eigenvalue weighted by Crippen LogP contribution is 2.35. The predicted molar refractivity (Wildman–Crippen MR) is 123 cm³/mol. The molecule has 3 rings (SSSR count). The van der Waals surface area contributed by atoms with Gasteiger partial charge in [-0.2, -0.15) is 0 Å². The Morgan fingerprint density at radius 1 is 1.21 bits per heavy atom.